The maximum atomic E-state index is 11.2. The van der Waals surface area contributed by atoms with Crippen LogP contribution in [0.3, 0.4) is 0 Å². The van der Waals surface area contributed by atoms with Crippen LogP contribution in [0.5, 0.6) is 0 Å². The zero-order valence-corrected chi connectivity index (χ0v) is 10.8. The van der Waals surface area contributed by atoms with Crippen LogP contribution in [0.2, 0.25) is 0 Å². The molecule has 1 aromatic rings. The minimum Gasteiger partial charge on any atom is -0.330 e. The van der Waals surface area contributed by atoms with Crippen LogP contribution in [-0.2, 0) is 11.2 Å². The van der Waals surface area contributed by atoms with Crippen molar-refractivity contribution in [3.05, 3.63) is 23.8 Å². The third-order valence-corrected chi connectivity index (χ3v) is 4.17. The van der Waals surface area contributed by atoms with E-state index in [4.69, 9.17) is 5.73 Å². The molecule has 1 aromatic carbocycles. The van der Waals surface area contributed by atoms with Crippen molar-refractivity contribution >= 4 is 23.4 Å². The number of amides is 1. The molecule has 4 heteroatoms. The van der Waals surface area contributed by atoms with Gasteiger partial charge in [-0.2, -0.15) is 0 Å². The van der Waals surface area contributed by atoms with Crippen LogP contribution >= 0.6 is 11.8 Å². The molecule has 0 aromatic heterocycles. The predicted octanol–water partition coefficient (Wildman–Crippen LogP) is 2.26. The summed E-state index contributed by atoms with van der Waals surface area (Å²) in [6.45, 7) is 2.91. The standard InChI is InChI=1S/C13H18N2OS/c1-2-9(7-14)5-10-3-4-11-12(6-10)17-8-13(16)15-11/h3-4,6,9H,2,5,7-8,14H2,1H3,(H,15,16). The molecule has 0 saturated heterocycles. The molecule has 1 aliphatic heterocycles. The fraction of sp³-hybridized carbons (Fsp3) is 0.462. The van der Waals surface area contributed by atoms with E-state index in [0.29, 0.717) is 11.7 Å². The number of fused-ring (bicyclic) bond motifs is 1. The number of nitrogens with one attached hydrogen (secondary N) is 1. The second kappa shape index (κ2) is 5.56. The zero-order valence-electron chi connectivity index (χ0n) is 10.0. The summed E-state index contributed by atoms with van der Waals surface area (Å²) in [5, 5.41) is 2.88. The Morgan fingerprint density at radius 1 is 1.53 bits per heavy atom. The van der Waals surface area contributed by atoms with Crippen molar-refractivity contribution in [3.8, 4) is 0 Å². The third kappa shape index (κ3) is 3.01. The number of rotatable bonds is 4. The fourth-order valence-electron chi connectivity index (χ4n) is 1.97. The van der Waals surface area contributed by atoms with Gasteiger partial charge in [0.05, 0.1) is 11.4 Å². The summed E-state index contributed by atoms with van der Waals surface area (Å²) in [4.78, 5) is 12.4. The molecule has 1 amide bonds. The average Bonchev–Trinajstić information content (AvgIpc) is 2.36. The van der Waals surface area contributed by atoms with Crippen molar-refractivity contribution in [1.82, 2.24) is 0 Å². The Bertz CT molecular complexity index is 416. The Morgan fingerprint density at radius 3 is 3.06 bits per heavy atom. The molecule has 2 rings (SSSR count). The van der Waals surface area contributed by atoms with E-state index >= 15 is 0 Å². The lowest BCUT2D eigenvalue weighted by atomic mass is 9.97. The summed E-state index contributed by atoms with van der Waals surface area (Å²) in [7, 11) is 0. The Morgan fingerprint density at radius 2 is 2.35 bits per heavy atom. The Hall–Kier alpha value is -1.00. The van der Waals surface area contributed by atoms with Gasteiger partial charge in [0.15, 0.2) is 0 Å². The molecule has 0 fully saturated rings. The van der Waals surface area contributed by atoms with Gasteiger partial charge >= 0.3 is 0 Å². The smallest absolute Gasteiger partial charge is 0.234 e. The summed E-state index contributed by atoms with van der Waals surface area (Å²) in [5.74, 6) is 1.16. The molecule has 92 valence electrons. The number of hydrogen-bond acceptors (Lipinski definition) is 3. The van der Waals surface area contributed by atoms with Gasteiger partial charge in [-0.25, -0.2) is 0 Å². The normalized spacial score (nSPS) is 16.2. The molecular formula is C13H18N2OS. The van der Waals surface area contributed by atoms with E-state index in [1.165, 1.54) is 10.5 Å². The van der Waals surface area contributed by atoms with Crippen LogP contribution < -0.4 is 11.1 Å². The SMILES string of the molecule is CCC(CN)Cc1ccc2c(c1)SCC(=O)N2. The van der Waals surface area contributed by atoms with E-state index in [2.05, 4.69) is 24.4 Å². The molecule has 3 N–H and O–H groups in total. The molecular weight excluding hydrogens is 232 g/mol. The number of thioether (sulfide) groups is 1. The number of nitrogens with two attached hydrogens (primary N) is 1. The van der Waals surface area contributed by atoms with Crippen LogP contribution in [0.4, 0.5) is 5.69 Å². The van der Waals surface area contributed by atoms with Crippen LogP contribution in [-0.4, -0.2) is 18.2 Å². The lowest BCUT2D eigenvalue weighted by Crippen LogP contribution is -2.19. The first kappa shape index (κ1) is 12.5. The van der Waals surface area contributed by atoms with Gasteiger partial charge in [-0.05, 0) is 36.6 Å². The van der Waals surface area contributed by atoms with Crippen LogP contribution in [0.1, 0.15) is 18.9 Å². The fourth-order valence-corrected chi connectivity index (χ4v) is 2.84. The molecule has 17 heavy (non-hydrogen) atoms. The van der Waals surface area contributed by atoms with E-state index in [1.54, 1.807) is 11.8 Å². The molecule has 1 heterocycles. The zero-order chi connectivity index (χ0) is 12.3. The lowest BCUT2D eigenvalue weighted by molar-refractivity contribution is -0.113. The Balaban J connectivity index is 2.13. The second-order valence-corrected chi connectivity index (χ2v) is 5.40. The number of anilines is 1. The number of hydrogen-bond donors (Lipinski definition) is 2. The molecule has 1 atom stereocenters. The Labute approximate surface area is 106 Å². The maximum Gasteiger partial charge on any atom is 0.234 e. The van der Waals surface area contributed by atoms with Crippen LogP contribution in [0.15, 0.2) is 23.1 Å². The van der Waals surface area contributed by atoms with Crippen LogP contribution in [0, 0.1) is 5.92 Å². The third-order valence-electron chi connectivity index (χ3n) is 3.11. The van der Waals surface area contributed by atoms with E-state index < -0.39 is 0 Å². The predicted molar refractivity (Wildman–Crippen MR) is 72.3 cm³/mol. The molecule has 0 spiro atoms. The molecule has 0 radical (unpaired) electrons. The first-order valence-electron chi connectivity index (χ1n) is 5.98. The van der Waals surface area contributed by atoms with Gasteiger partial charge in [-0.3, -0.25) is 4.79 Å². The van der Waals surface area contributed by atoms with Gasteiger partial charge < -0.3 is 11.1 Å². The van der Waals surface area contributed by atoms with E-state index in [-0.39, 0.29) is 5.91 Å². The van der Waals surface area contributed by atoms with Crippen molar-refractivity contribution in [2.75, 3.05) is 17.6 Å². The van der Waals surface area contributed by atoms with Gasteiger partial charge in [-0.15, -0.1) is 11.8 Å². The van der Waals surface area contributed by atoms with Crippen molar-refractivity contribution in [3.63, 3.8) is 0 Å². The summed E-state index contributed by atoms with van der Waals surface area (Å²) in [6.07, 6.45) is 2.13. The lowest BCUT2D eigenvalue weighted by Gasteiger charge is -2.18. The summed E-state index contributed by atoms with van der Waals surface area (Å²) < 4.78 is 0. The van der Waals surface area contributed by atoms with Crippen molar-refractivity contribution < 1.29 is 4.79 Å². The summed E-state index contributed by atoms with van der Waals surface area (Å²) in [5.41, 5.74) is 7.98. The molecule has 1 aliphatic rings. The highest BCUT2D eigenvalue weighted by molar-refractivity contribution is 8.00. The van der Waals surface area contributed by atoms with Gasteiger partial charge in [0.2, 0.25) is 5.91 Å². The highest BCUT2D eigenvalue weighted by Crippen LogP contribution is 2.32. The molecule has 3 nitrogen and oxygen atoms in total. The summed E-state index contributed by atoms with van der Waals surface area (Å²) in [6, 6.07) is 6.26. The van der Waals surface area contributed by atoms with E-state index in [0.717, 1.165) is 25.1 Å². The molecule has 0 saturated carbocycles. The minimum absolute atomic E-state index is 0.0867. The van der Waals surface area contributed by atoms with Crippen LogP contribution in [0.25, 0.3) is 0 Å². The number of carbonyl (C=O) groups is 1. The Kier molecular flexibility index (Phi) is 4.07. The topological polar surface area (TPSA) is 55.1 Å². The molecule has 1 unspecified atom stereocenters. The van der Waals surface area contributed by atoms with Gasteiger partial charge in [0, 0.05) is 4.90 Å². The highest BCUT2D eigenvalue weighted by Gasteiger charge is 2.16. The summed E-state index contributed by atoms with van der Waals surface area (Å²) >= 11 is 1.61. The molecule has 0 bridgehead atoms. The first-order valence-corrected chi connectivity index (χ1v) is 6.97. The van der Waals surface area contributed by atoms with Gasteiger partial charge in [0.1, 0.15) is 0 Å². The van der Waals surface area contributed by atoms with Crippen molar-refractivity contribution in [2.45, 2.75) is 24.7 Å². The van der Waals surface area contributed by atoms with Gasteiger partial charge in [-0.1, -0.05) is 19.4 Å². The number of carbonyl (C=O) groups excluding carboxylic acids is 1. The largest absolute Gasteiger partial charge is 0.330 e. The maximum absolute atomic E-state index is 11.2. The van der Waals surface area contributed by atoms with Crippen molar-refractivity contribution in [1.29, 1.82) is 0 Å². The molecule has 0 aliphatic carbocycles. The minimum atomic E-state index is 0.0867. The van der Waals surface area contributed by atoms with E-state index in [9.17, 15) is 4.79 Å². The highest BCUT2D eigenvalue weighted by atomic mass is 32.2. The quantitative estimate of drug-likeness (QED) is 0.862. The monoisotopic (exact) mass is 250 g/mol. The second-order valence-electron chi connectivity index (χ2n) is 4.38. The number of benzene rings is 1. The average molecular weight is 250 g/mol. The van der Waals surface area contributed by atoms with Crippen molar-refractivity contribution in [2.24, 2.45) is 11.7 Å². The van der Waals surface area contributed by atoms with E-state index in [1.807, 2.05) is 6.07 Å². The van der Waals surface area contributed by atoms with Gasteiger partial charge in [0.25, 0.3) is 0 Å². The first-order chi connectivity index (χ1) is 8.22.